The first kappa shape index (κ1) is 21.0. The number of halogens is 1. The molecular weight excluding hydrogens is 437 g/mol. The van der Waals surface area contributed by atoms with Gasteiger partial charge in [0, 0.05) is 11.6 Å². The Labute approximate surface area is 187 Å². The lowest BCUT2D eigenvalue weighted by Gasteiger charge is -2.14. The number of thiocarbonyl (C=S) groups is 1. The predicted octanol–water partition coefficient (Wildman–Crippen LogP) is 5.67. The Hall–Kier alpha value is -3.23. The molecule has 1 amide bonds. The molecule has 0 spiro atoms. The minimum absolute atomic E-state index is 0.313. The number of nitrogens with zero attached hydrogens (tertiary/aromatic N) is 1. The van der Waals surface area contributed by atoms with Crippen molar-refractivity contribution in [3.05, 3.63) is 82.7 Å². The molecule has 0 atom stereocenters. The van der Waals surface area contributed by atoms with Crippen molar-refractivity contribution < 1.29 is 23.1 Å². The van der Waals surface area contributed by atoms with Crippen LogP contribution >= 0.6 is 24.0 Å². The van der Waals surface area contributed by atoms with E-state index >= 15 is 0 Å². The van der Waals surface area contributed by atoms with Crippen LogP contribution in [0.2, 0.25) is 0 Å². The van der Waals surface area contributed by atoms with Crippen LogP contribution in [0.5, 0.6) is 0 Å². The molecule has 8 heteroatoms. The third-order valence-corrected chi connectivity index (χ3v) is 5.74. The summed E-state index contributed by atoms with van der Waals surface area (Å²) in [5.74, 6) is -0.0986. The quantitative estimate of drug-likeness (QED) is 0.282. The lowest BCUT2D eigenvalue weighted by Crippen LogP contribution is -2.27. The highest BCUT2D eigenvalue weighted by Gasteiger charge is 2.33. The molecule has 0 bridgehead atoms. The van der Waals surface area contributed by atoms with Gasteiger partial charge in [0.05, 0.1) is 22.8 Å². The van der Waals surface area contributed by atoms with E-state index in [1.54, 1.807) is 55.5 Å². The summed E-state index contributed by atoms with van der Waals surface area (Å²) in [4.78, 5) is 26.3. The zero-order valence-electron chi connectivity index (χ0n) is 16.3. The maximum atomic E-state index is 13.5. The van der Waals surface area contributed by atoms with E-state index in [1.165, 1.54) is 23.1 Å². The third kappa shape index (κ3) is 4.45. The van der Waals surface area contributed by atoms with Crippen molar-refractivity contribution in [2.24, 2.45) is 0 Å². The second-order valence-electron chi connectivity index (χ2n) is 6.50. The van der Waals surface area contributed by atoms with Gasteiger partial charge in [0.15, 0.2) is 4.32 Å². The molecule has 2 heterocycles. The van der Waals surface area contributed by atoms with E-state index in [4.69, 9.17) is 21.4 Å². The molecule has 2 aromatic carbocycles. The summed E-state index contributed by atoms with van der Waals surface area (Å²) in [6.07, 6.45) is 1.61. The van der Waals surface area contributed by atoms with Gasteiger partial charge in [0.25, 0.3) is 5.91 Å². The van der Waals surface area contributed by atoms with Gasteiger partial charge in [-0.15, -0.1) is 0 Å². The van der Waals surface area contributed by atoms with Crippen LogP contribution in [-0.4, -0.2) is 22.8 Å². The molecule has 5 nitrogen and oxygen atoms in total. The number of amides is 1. The minimum Gasteiger partial charge on any atom is -0.462 e. The summed E-state index contributed by atoms with van der Waals surface area (Å²) >= 11 is 6.43. The van der Waals surface area contributed by atoms with E-state index < -0.39 is 5.82 Å². The molecule has 0 radical (unpaired) electrons. The molecular formula is C23H16FNO4S2. The first-order valence-electron chi connectivity index (χ1n) is 9.37. The second-order valence-corrected chi connectivity index (χ2v) is 8.17. The fourth-order valence-electron chi connectivity index (χ4n) is 3.01. The minimum atomic E-state index is -0.444. The van der Waals surface area contributed by atoms with Gasteiger partial charge < -0.3 is 9.15 Å². The van der Waals surface area contributed by atoms with Crippen molar-refractivity contribution in [3.63, 3.8) is 0 Å². The van der Waals surface area contributed by atoms with Gasteiger partial charge >= 0.3 is 5.97 Å². The summed E-state index contributed by atoms with van der Waals surface area (Å²) in [6, 6.07) is 16.1. The molecule has 0 N–H and O–H groups in total. The number of furan rings is 1. The topological polar surface area (TPSA) is 59.8 Å². The van der Waals surface area contributed by atoms with Crippen molar-refractivity contribution in [1.82, 2.24) is 0 Å². The highest BCUT2D eigenvalue weighted by atomic mass is 32.2. The van der Waals surface area contributed by atoms with Crippen molar-refractivity contribution in [2.45, 2.75) is 6.92 Å². The maximum absolute atomic E-state index is 13.5. The highest BCUT2D eigenvalue weighted by molar-refractivity contribution is 8.27. The lowest BCUT2D eigenvalue weighted by molar-refractivity contribution is -0.113. The maximum Gasteiger partial charge on any atom is 0.338 e. The fourth-order valence-corrected chi connectivity index (χ4v) is 4.28. The molecule has 0 aliphatic carbocycles. The Kier molecular flexibility index (Phi) is 6.01. The van der Waals surface area contributed by atoms with E-state index in [9.17, 15) is 14.0 Å². The Morgan fingerprint density at radius 1 is 1.19 bits per heavy atom. The summed E-state index contributed by atoms with van der Waals surface area (Å²) in [7, 11) is 0. The monoisotopic (exact) mass is 453 g/mol. The summed E-state index contributed by atoms with van der Waals surface area (Å²) < 4.78 is 24.7. The number of rotatable bonds is 5. The van der Waals surface area contributed by atoms with Gasteiger partial charge in [-0.1, -0.05) is 42.2 Å². The average Bonchev–Trinajstić information content (AvgIpc) is 3.33. The van der Waals surface area contributed by atoms with E-state index in [0.717, 1.165) is 17.3 Å². The van der Waals surface area contributed by atoms with E-state index in [2.05, 4.69) is 0 Å². The SMILES string of the molecule is CCOC(=O)c1ccc(-c2ccc(/C=C3/SC(=S)N(c4cccc(F)c4)C3=O)o2)cc1. The second kappa shape index (κ2) is 8.87. The number of thioether (sulfide) groups is 1. The average molecular weight is 454 g/mol. The van der Waals surface area contributed by atoms with Crippen molar-refractivity contribution in [3.8, 4) is 11.3 Å². The molecule has 0 unspecified atom stereocenters. The zero-order chi connectivity index (χ0) is 22.0. The molecule has 1 fully saturated rings. The number of hydrogen-bond acceptors (Lipinski definition) is 6. The first-order valence-corrected chi connectivity index (χ1v) is 10.6. The van der Waals surface area contributed by atoms with Gasteiger partial charge in [-0.2, -0.15) is 0 Å². The van der Waals surface area contributed by atoms with Crippen LogP contribution in [0.1, 0.15) is 23.0 Å². The molecule has 156 valence electrons. The van der Waals surface area contributed by atoms with Crippen molar-refractivity contribution >= 4 is 51.9 Å². The molecule has 0 saturated carbocycles. The predicted molar refractivity (Wildman–Crippen MR) is 122 cm³/mol. The van der Waals surface area contributed by atoms with Crippen molar-refractivity contribution in [2.75, 3.05) is 11.5 Å². The van der Waals surface area contributed by atoms with Crippen LogP contribution in [-0.2, 0) is 9.53 Å². The van der Waals surface area contributed by atoms with Gasteiger partial charge in [-0.25, -0.2) is 9.18 Å². The van der Waals surface area contributed by atoms with Gasteiger partial charge in [0.2, 0.25) is 0 Å². The van der Waals surface area contributed by atoms with Gasteiger partial charge in [-0.3, -0.25) is 9.69 Å². The van der Waals surface area contributed by atoms with Crippen molar-refractivity contribution in [1.29, 1.82) is 0 Å². The standard InChI is InChI=1S/C23H16FNO4S2/c1-2-28-22(27)15-8-6-14(7-9-15)19-11-10-18(29-19)13-20-21(26)25(23(30)31-20)17-5-3-4-16(24)12-17/h3-13H,2H2,1H3/b20-13+. The molecule has 1 saturated heterocycles. The van der Waals surface area contributed by atoms with E-state index in [-0.39, 0.29) is 11.9 Å². The third-order valence-electron chi connectivity index (χ3n) is 4.44. The Balaban J connectivity index is 1.54. The number of ether oxygens (including phenoxy) is 1. The molecule has 1 aliphatic rings. The summed E-state index contributed by atoms with van der Waals surface area (Å²) in [5.41, 5.74) is 1.62. The van der Waals surface area contributed by atoms with Crippen LogP contribution in [0, 0.1) is 5.82 Å². The van der Waals surface area contributed by atoms with E-state index in [1.807, 2.05) is 0 Å². The normalized spacial score (nSPS) is 15.0. The highest BCUT2D eigenvalue weighted by Crippen LogP contribution is 2.36. The van der Waals surface area contributed by atoms with Crippen LogP contribution in [0.4, 0.5) is 10.1 Å². The van der Waals surface area contributed by atoms with Crippen LogP contribution in [0.15, 0.2) is 70.0 Å². The number of anilines is 1. The molecule has 1 aromatic heterocycles. The zero-order valence-corrected chi connectivity index (χ0v) is 18.0. The Morgan fingerprint density at radius 3 is 2.68 bits per heavy atom. The summed E-state index contributed by atoms with van der Waals surface area (Å²) in [6.45, 7) is 2.07. The van der Waals surface area contributed by atoms with Gasteiger partial charge in [-0.05, 0) is 49.4 Å². The Morgan fingerprint density at radius 2 is 1.97 bits per heavy atom. The number of carbonyl (C=O) groups excluding carboxylic acids is 2. The lowest BCUT2D eigenvalue weighted by atomic mass is 10.1. The first-order chi connectivity index (χ1) is 15.0. The number of esters is 1. The number of hydrogen-bond donors (Lipinski definition) is 0. The smallest absolute Gasteiger partial charge is 0.338 e. The molecule has 3 aromatic rings. The molecule has 31 heavy (non-hydrogen) atoms. The largest absolute Gasteiger partial charge is 0.462 e. The van der Waals surface area contributed by atoms with Gasteiger partial charge in [0.1, 0.15) is 17.3 Å². The fraction of sp³-hybridized carbons (Fsp3) is 0.0870. The van der Waals surface area contributed by atoms with Crippen LogP contribution < -0.4 is 4.90 Å². The van der Waals surface area contributed by atoms with Crippen LogP contribution in [0.25, 0.3) is 17.4 Å². The van der Waals surface area contributed by atoms with Crippen LogP contribution in [0.3, 0.4) is 0 Å². The molecule has 4 rings (SSSR count). The molecule has 1 aliphatic heterocycles. The number of benzene rings is 2. The van der Waals surface area contributed by atoms with E-state index in [0.29, 0.717) is 38.6 Å². The summed E-state index contributed by atoms with van der Waals surface area (Å²) in [5, 5.41) is 0. The number of carbonyl (C=O) groups is 2. The Bertz CT molecular complexity index is 1200.